The van der Waals surface area contributed by atoms with Crippen LogP contribution in [0.25, 0.3) is 6.08 Å². The summed E-state index contributed by atoms with van der Waals surface area (Å²) in [6.45, 7) is 0. The molecule has 5 aromatic rings. The van der Waals surface area contributed by atoms with Gasteiger partial charge in [0.05, 0.1) is 29.9 Å². The molecule has 0 aliphatic heterocycles. The number of anilines is 2. The first-order valence-corrected chi connectivity index (χ1v) is 16.6. The minimum atomic E-state index is -0.731. The predicted octanol–water partition coefficient (Wildman–Crippen LogP) is 8.15. The summed E-state index contributed by atoms with van der Waals surface area (Å²) in [5.74, 6) is -0.750. The van der Waals surface area contributed by atoms with E-state index in [1.165, 1.54) is 56.3 Å². The van der Waals surface area contributed by atoms with Gasteiger partial charge in [-0.25, -0.2) is 0 Å². The molecule has 1 unspecified atom stereocenters. The number of carbonyl (C=O) groups excluding carboxylic acids is 3. The van der Waals surface area contributed by atoms with Gasteiger partial charge in [-0.2, -0.15) is 0 Å². The van der Waals surface area contributed by atoms with Crippen LogP contribution in [0.1, 0.15) is 26.7 Å². The van der Waals surface area contributed by atoms with E-state index in [4.69, 9.17) is 21.1 Å². The Morgan fingerprint density at radius 1 is 0.804 bits per heavy atom. The zero-order valence-electron chi connectivity index (χ0n) is 27.3. The molecular weight excluding hydrogens is 692 g/mol. The Bertz CT molecular complexity index is 2080. The van der Waals surface area contributed by atoms with Crippen LogP contribution in [0.5, 0.6) is 11.5 Å². The van der Waals surface area contributed by atoms with Crippen molar-refractivity contribution in [1.29, 1.82) is 0 Å². The van der Waals surface area contributed by atoms with Crippen LogP contribution in [0.4, 0.5) is 17.1 Å². The predicted molar refractivity (Wildman–Crippen MR) is 198 cm³/mol. The molecule has 0 aliphatic carbocycles. The van der Waals surface area contributed by atoms with Crippen LogP contribution in [0, 0.1) is 10.1 Å². The summed E-state index contributed by atoms with van der Waals surface area (Å²) in [4.78, 5) is 51.8. The second-order valence-corrected chi connectivity index (χ2v) is 12.4. The van der Waals surface area contributed by atoms with Crippen LogP contribution in [-0.2, 0) is 9.59 Å². The topological polar surface area (TPSA) is 149 Å². The van der Waals surface area contributed by atoms with Gasteiger partial charge in [-0.15, -0.1) is 11.8 Å². The van der Waals surface area contributed by atoms with Crippen molar-refractivity contribution in [1.82, 2.24) is 5.32 Å². The molecule has 0 aliphatic rings. The molecule has 11 nitrogen and oxygen atoms in total. The summed E-state index contributed by atoms with van der Waals surface area (Å²) in [7, 11) is 2.95. The number of nitro groups is 1. The van der Waals surface area contributed by atoms with E-state index < -0.39 is 22.0 Å². The molecule has 13 heteroatoms. The second kappa shape index (κ2) is 17.0. The van der Waals surface area contributed by atoms with Crippen LogP contribution in [0.15, 0.2) is 132 Å². The highest BCUT2D eigenvalue weighted by Gasteiger charge is 2.24. The van der Waals surface area contributed by atoms with Gasteiger partial charge in [0.15, 0.2) is 0 Å². The molecule has 0 aromatic heterocycles. The van der Waals surface area contributed by atoms with Crippen LogP contribution < -0.4 is 25.4 Å². The maximum atomic E-state index is 13.8. The van der Waals surface area contributed by atoms with E-state index in [0.717, 1.165) is 5.56 Å². The summed E-state index contributed by atoms with van der Waals surface area (Å²) >= 11 is 7.61. The molecule has 0 radical (unpaired) electrons. The molecule has 5 aromatic carbocycles. The van der Waals surface area contributed by atoms with E-state index in [2.05, 4.69) is 16.0 Å². The van der Waals surface area contributed by atoms with Crippen LogP contribution in [0.3, 0.4) is 0 Å². The Kier molecular flexibility index (Phi) is 12.1. The quantitative estimate of drug-likeness (QED) is 0.0477. The van der Waals surface area contributed by atoms with Crippen molar-refractivity contribution >= 4 is 64.2 Å². The lowest BCUT2D eigenvalue weighted by Gasteiger charge is -2.19. The van der Waals surface area contributed by atoms with E-state index in [0.29, 0.717) is 43.9 Å². The molecule has 51 heavy (non-hydrogen) atoms. The van der Waals surface area contributed by atoms with Crippen molar-refractivity contribution in [2.75, 3.05) is 24.9 Å². The van der Waals surface area contributed by atoms with Gasteiger partial charge in [0.25, 0.3) is 17.5 Å². The van der Waals surface area contributed by atoms with Gasteiger partial charge in [0, 0.05) is 34.3 Å². The Morgan fingerprint density at radius 2 is 1.47 bits per heavy atom. The van der Waals surface area contributed by atoms with Gasteiger partial charge >= 0.3 is 0 Å². The summed E-state index contributed by atoms with van der Waals surface area (Å²) in [6, 6.07) is 33.2. The summed E-state index contributed by atoms with van der Waals surface area (Å²) in [5, 5.41) is 19.1. The van der Waals surface area contributed by atoms with Crippen LogP contribution in [-0.4, -0.2) is 36.9 Å². The molecule has 0 bridgehead atoms. The van der Waals surface area contributed by atoms with E-state index in [1.54, 1.807) is 66.7 Å². The number of thioether (sulfide) groups is 1. The monoisotopic (exact) mass is 722 g/mol. The Labute approximate surface area is 302 Å². The van der Waals surface area contributed by atoms with Crippen molar-refractivity contribution in [2.45, 2.75) is 10.1 Å². The second-order valence-electron chi connectivity index (χ2n) is 10.8. The highest BCUT2D eigenvalue weighted by molar-refractivity contribution is 8.00. The molecule has 3 N–H and O–H groups in total. The number of hydrogen-bond donors (Lipinski definition) is 3. The number of nitrogens with one attached hydrogen (secondary N) is 3. The first kappa shape index (κ1) is 36.2. The van der Waals surface area contributed by atoms with Crippen molar-refractivity contribution in [3.63, 3.8) is 0 Å². The van der Waals surface area contributed by atoms with E-state index in [-0.39, 0.29) is 17.3 Å². The van der Waals surface area contributed by atoms with Gasteiger partial charge in [-0.1, -0.05) is 66.2 Å². The average Bonchev–Trinajstić information content (AvgIpc) is 3.14. The number of halogens is 1. The van der Waals surface area contributed by atoms with Gasteiger partial charge in [-0.05, 0) is 65.7 Å². The fourth-order valence-electron chi connectivity index (χ4n) is 4.84. The molecule has 0 heterocycles. The zero-order chi connectivity index (χ0) is 36.3. The number of amides is 3. The lowest BCUT2D eigenvalue weighted by molar-refractivity contribution is -0.384. The number of rotatable bonds is 13. The van der Waals surface area contributed by atoms with Crippen LogP contribution >= 0.6 is 23.4 Å². The molecule has 0 spiro atoms. The van der Waals surface area contributed by atoms with E-state index in [1.807, 2.05) is 30.3 Å². The number of nitrogens with zero attached hydrogens (tertiary/aromatic N) is 1. The summed E-state index contributed by atoms with van der Waals surface area (Å²) < 4.78 is 10.7. The number of methoxy groups -OCH3 is 2. The molecule has 1 atom stereocenters. The van der Waals surface area contributed by atoms with Crippen molar-refractivity contribution < 1.29 is 28.8 Å². The normalized spacial score (nSPS) is 11.5. The fraction of sp³-hybridized carbons (Fsp3) is 0.0789. The third kappa shape index (κ3) is 9.53. The first-order valence-electron chi connectivity index (χ1n) is 15.3. The smallest absolute Gasteiger partial charge is 0.272 e. The van der Waals surface area contributed by atoms with Crippen molar-refractivity contribution in [3.8, 4) is 11.5 Å². The Balaban J connectivity index is 1.40. The Hall–Kier alpha value is -6.11. The highest BCUT2D eigenvalue weighted by atomic mass is 35.5. The number of hydrogen-bond acceptors (Lipinski definition) is 8. The third-order valence-electron chi connectivity index (χ3n) is 7.36. The largest absolute Gasteiger partial charge is 0.495 e. The van der Waals surface area contributed by atoms with Crippen LogP contribution in [0.2, 0.25) is 5.02 Å². The minimum absolute atomic E-state index is 0.0931. The van der Waals surface area contributed by atoms with E-state index >= 15 is 0 Å². The van der Waals surface area contributed by atoms with Crippen molar-refractivity contribution in [3.05, 3.63) is 159 Å². The molecule has 0 saturated heterocycles. The molecule has 0 saturated carbocycles. The summed E-state index contributed by atoms with van der Waals surface area (Å²) in [5.41, 5.74) is 2.06. The number of ether oxygens (including phenoxy) is 2. The summed E-state index contributed by atoms with van der Waals surface area (Å²) in [6.07, 6.45) is 1.42. The zero-order valence-corrected chi connectivity index (χ0v) is 28.9. The van der Waals surface area contributed by atoms with E-state index in [9.17, 15) is 24.5 Å². The number of non-ortho nitro benzene ring substituents is 1. The number of benzene rings is 5. The minimum Gasteiger partial charge on any atom is -0.495 e. The molecule has 0 fully saturated rings. The lowest BCUT2D eigenvalue weighted by atomic mass is 10.1. The standard InChI is InChI=1S/C38H31ClN4O7S/c1-49-33-23-34(50-2)31(22-30(33)39)41-38(46)35(25-10-5-3-6-11-25)51-29-15-9-14-27(21-29)40-37(45)32(42-36(44)26-12-7-4-8-13-26)20-24-16-18-28(19-17-24)43(47)48/h3-23,35H,1-2H3,(H,40,45)(H,41,46)(H,42,44)/b32-20+. The SMILES string of the molecule is COc1cc(OC)c(NC(=O)C(Sc2cccc(NC(=O)/C(=C\c3ccc([N+](=O)[O-])cc3)NC(=O)c3ccccc3)c2)c2ccccc2)cc1Cl. The molecule has 3 amide bonds. The number of nitro benzene ring substituents is 1. The van der Waals surface area contributed by atoms with Gasteiger partial charge < -0.3 is 25.4 Å². The Morgan fingerprint density at radius 3 is 2.12 bits per heavy atom. The van der Waals surface area contributed by atoms with Gasteiger partial charge in [0.2, 0.25) is 5.91 Å². The molecule has 258 valence electrons. The maximum Gasteiger partial charge on any atom is 0.272 e. The van der Waals surface area contributed by atoms with Gasteiger partial charge in [0.1, 0.15) is 22.4 Å². The third-order valence-corrected chi connectivity index (χ3v) is 8.91. The lowest BCUT2D eigenvalue weighted by Crippen LogP contribution is -2.30. The maximum absolute atomic E-state index is 13.8. The molecule has 5 rings (SSSR count). The molecular formula is C38H31ClN4O7S. The number of carbonyl (C=O) groups is 3. The average molecular weight is 723 g/mol. The highest BCUT2D eigenvalue weighted by Crippen LogP contribution is 2.40. The fourth-order valence-corrected chi connectivity index (χ4v) is 6.16. The van der Waals surface area contributed by atoms with Crippen molar-refractivity contribution in [2.24, 2.45) is 0 Å². The van der Waals surface area contributed by atoms with Gasteiger partial charge in [-0.3, -0.25) is 24.5 Å². The first-order chi connectivity index (χ1) is 24.6.